The highest BCUT2D eigenvalue weighted by Gasteiger charge is 2.13. The average Bonchev–Trinajstić information content (AvgIpc) is 2.41. The maximum atomic E-state index is 12.2. The van der Waals surface area contributed by atoms with Crippen LogP contribution in [0.25, 0.3) is 0 Å². The van der Waals surface area contributed by atoms with Crippen molar-refractivity contribution in [2.45, 2.75) is 6.92 Å². The molecule has 0 aliphatic carbocycles. The lowest BCUT2D eigenvalue weighted by atomic mass is 10.2. The summed E-state index contributed by atoms with van der Waals surface area (Å²) in [6, 6.07) is 8.77. The third-order valence-corrected chi connectivity index (χ3v) is 2.68. The molecule has 1 aromatic heterocycles. The molecule has 3 N–H and O–H groups in total. The summed E-state index contributed by atoms with van der Waals surface area (Å²) in [5.41, 5.74) is 7.45. The first kappa shape index (κ1) is 12.9. The molecule has 98 valence electrons. The summed E-state index contributed by atoms with van der Waals surface area (Å²) >= 11 is 0. The summed E-state index contributed by atoms with van der Waals surface area (Å²) in [6.45, 7) is 1.83. The topological polar surface area (TPSA) is 77.2 Å². The summed E-state index contributed by atoms with van der Waals surface area (Å²) < 4.78 is 5.15. The third kappa shape index (κ3) is 2.82. The number of para-hydroxylation sites is 1. The quantitative estimate of drug-likeness (QED) is 0.884. The van der Waals surface area contributed by atoms with Crippen LogP contribution in [0.2, 0.25) is 0 Å². The van der Waals surface area contributed by atoms with Crippen molar-refractivity contribution in [2.24, 2.45) is 0 Å². The monoisotopic (exact) mass is 257 g/mol. The van der Waals surface area contributed by atoms with Crippen molar-refractivity contribution in [3.8, 4) is 5.75 Å². The van der Waals surface area contributed by atoms with E-state index in [1.54, 1.807) is 24.3 Å². The number of amides is 1. The standard InChI is InChI=1S/C14H15N3O2/c1-9-7-10(15)8-16-13(9)17-14(18)11-5-3-4-6-12(11)19-2/h3-8H,15H2,1-2H3,(H,16,17,18). The van der Waals surface area contributed by atoms with Crippen LogP contribution < -0.4 is 15.8 Å². The Kier molecular flexibility index (Phi) is 3.66. The zero-order chi connectivity index (χ0) is 13.8. The average molecular weight is 257 g/mol. The number of ether oxygens (including phenoxy) is 1. The largest absolute Gasteiger partial charge is 0.496 e. The lowest BCUT2D eigenvalue weighted by Gasteiger charge is -2.10. The molecule has 0 bridgehead atoms. The second kappa shape index (κ2) is 5.39. The number of anilines is 2. The summed E-state index contributed by atoms with van der Waals surface area (Å²) in [4.78, 5) is 16.3. The lowest BCUT2D eigenvalue weighted by molar-refractivity contribution is 0.102. The number of nitrogens with one attached hydrogen (secondary N) is 1. The van der Waals surface area contributed by atoms with Crippen LogP contribution in [0.15, 0.2) is 36.5 Å². The maximum absolute atomic E-state index is 12.2. The van der Waals surface area contributed by atoms with Gasteiger partial charge in [0.2, 0.25) is 0 Å². The van der Waals surface area contributed by atoms with Gasteiger partial charge in [-0.3, -0.25) is 4.79 Å². The minimum atomic E-state index is -0.266. The predicted octanol–water partition coefficient (Wildman–Crippen LogP) is 2.23. The minimum absolute atomic E-state index is 0.266. The Morgan fingerprint density at radius 1 is 1.37 bits per heavy atom. The Hall–Kier alpha value is -2.56. The molecule has 1 amide bonds. The molecule has 2 rings (SSSR count). The van der Waals surface area contributed by atoms with E-state index in [4.69, 9.17) is 10.5 Å². The molecule has 0 aliphatic rings. The summed E-state index contributed by atoms with van der Waals surface area (Å²) in [5, 5.41) is 2.74. The van der Waals surface area contributed by atoms with Crippen molar-refractivity contribution >= 4 is 17.4 Å². The molecule has 0 spiro atoms. The van der Waals surface area contributed by atoms with E-state index in [2.05, 4.69) is 10.3 Å². The first-order valence-electron chi connectivity index (χ1n) is 5.78. The number of pyridine rings is 1. The van der Waals surface area contributed by atoms with Crippen LogP contribution in [0, 0.1) is 6.92 Å². The number of rotatable bonds is 3. The molecule has 0 radical (unpaired) electrons. The molecule has 5 heteroatoms. The number of nitrogens with two attached hydrogens (primary N) is 1. The fourth-order valence-corrected chi connectivity index (χ4v) is 1.73. The normalized spacial score (nSPS) is 10.0. The Balaban J connectivity index is 2.26. The summed E-state index contributed by atoms with van der Waals surface area (Å²) in [5.74, 6) is 0.746. The second-order valence-electron chi connectivity index (χ2n) is 4.09. The van der Waals surface area contributed by atoms with Gasteiger partial charge in [0.05, 0.1) is 24.6 Å². The summed E-state index contributed by atoms with van der Waals surface area (Å²) in [7, 11) is 1.53. The fourth-order valence-electron chi connectivity index (χ4n) is 1.73. The van der Waals surface area contributed by atoms with Gasteiger partial charge in [0.25, 0.3) is 5.91 Å². The number of carbonyl (C=O) groups excluding carboxylic acids is 1. The Bertz CT molecular complexity index is 611. The Morgan fingerprint density at radius 3 is 2.79 bits per heavy atom. The van der Waals surface area contributed by atoms with Crippen LogP contribution in [0.5, 0.6) is 5.75 Å². The van der Waals surface area contributed by atoms with Gasteiger partial charge >= 0.3 is 0 Å². The van der Waals surface area contributed by atoms with Gasteiger partial charge in [-0.2, -0.15) is 0 Å². The molecule has 0 unspecified atom stereocenters. The zero-order valence-corrected chi connectivity index (χ0v) is 10.8. The molecule has 2 aromatic rings. The van der Waals surface area contributed by atoms with E-state index >= 15 is 0 Å². The van der Waals surface area contributed by atoms with Crippen molar-refractivity contribution in [3.05, 3.63) is 47.7 Å². The van der Waals surface area contributed by atoms with Gasteiger partial charge in [0.15, 0.2) is 0 Å². The molecule has 1 aromatic carbocycles. The van der Waals surface area contributed by atoms with Gasteiger partial charge < -0.3 is 15.8 Å². The van der Waals surface area contributed by atoms with Crippen LogP contribution in [0.1, 0.15) is 15.9 Å². The van der Waals surface area contributed by atoms with E-state index in [0.29, 0.717) is 22.8 Å². The molecule has 0 saturated heterocycles. The van der Waals surface area contributed by atoms with Crippen molar-refractivity contribution in [1.29, 1.82) is 0 Å². The number of hydrogen-bond donors (Lipinski definition) is 2. The highest BCUT2D eigenvalue weighted by molar-refractivity contribution is 6.06. The zero-order valence-electron chi connectivity index (χ0n) is 10.8. The molecule has 5 nitrogen and oxygen atoms in total. The van der Waals surface area contributed by atoms with Crippen LogP contribution in [-0.2, 0) is 0 Å². The van der Waals surface area contributed by atoms with Crippen molar-refractivity contribution in [3.63, 3.8) is 0 Å². The molecule has 1 heterocycles. The van der Waals surface area contributed by atoms with Crippen molar-refractivity contribution in [2.75, 3.05) is 18.2 Å². The molecule has 0 fully saturated rings. The highest BCUT2D eigenvalue weighted by atomic mass is 16.5. The van der Waals surface area contributed by atoms with Gasteiger partial charge in [0, 0.05) is 0 Å². The van der Waals surface area contributed by atoms with Crippen LogP contribution in [-0.4, -0.2) is 18.0 Å². The van der Waals surface area contributed by atoms with Crippen LogP contribution in [0.3, 0.4) is 0 Å². The smallest absolute Gasteiger partial charge is 0.260 e. The lowest BCUT2D eigenvalue weighted by Crippen LogP contribution is -2.15. The number of aromatic nitrogens is 1. The predicted molar refractivity (Wildman–Crippen MR) is 74.3 cm³/mol. The van der Waals surface area contributed by atoms with Gasteiger partial charge in [-0.15, -0.1) is 0 Å². The number of nitrogens with zero attached hydrogens (tertiary/aromatic N) is 1. The Labute approximate surface area is 111 Å². The van der Waals surface area contributed by atoms with E-state index in [1.807, 2.05) is 13.0 Å². The fraction of sp³-hybridized carbons (Fsp3) is 0.143. The molecular formula is C14H15N3O2. The van der Waals surface area contributed by atoms with E-state index in [0.717, 1.165) is 5.56 Å². The first-order valence-corrected chi connectivity index (χ1v) is 5.78. The van der Waals surface area contributed by atoms with Crippen molar-refractivity contribution < 1.29 is 9.53 Å². The first-order chi connectivity index (χ1) is 9.11. The molecule has 0 saturated carbocycles. The van der Waals surface area contributed by atoms with Crippen LogP contribution >= 0.6 is 0 Å². The highest BCUT2D eigenvalue weighted by Crippen LogP contribution is 2.20. The minimum Gasteiger partial charge on any atom is -0.496 e. The van der Waals surface area contributed by atoms with E-state index in [-0.39, 0.29) is 5.91 Å². The second-order valence-corrected chi connectivity index (χ2v) is 4.09. The molecule has 19 heavy (non-hydrogen) atoms. The molecule has 0 atom stereocenters. The number of methoxy groups -OCH3 is 1. The van der Waals surface area contributed by atoms with Crippen LogP contribution in [0.4, 0.5) is 11.5 Å². The number of aryl methyl sites for hydroxylation is 1. The van der Waals surface area contributed by atoms with Gasteiger partial charge in [-0.05, 0) is 30.7 Å². The Morgan fingerprint density at radius 2 is 2.11 bits per heavy atom. The van der Waals surface area contributed by atoms with Gasteiger partial charge in [-0.25, -0.2) is 4.98 Å². The van der Waals surface area contributed by atoms with E-state index in [9.17, 15) is 4.79 Å². The molecule has 0 aliphatic heterocycles. The number of carbonyl (C=O) groups is 1. The van der Waals surface area contributed by atoms with Gasteiger partial charge in [0.1, 0.15) is 11.6 Å². The maximum Gasteiger partial charge on any atom is 0.260 e. The van der Waals surface area contributed by atoms with Gasteiger partial charge in [-0.1, -0.05) is 12.1 Å². The number of hydrogen-bond acceptors (Lipinski definition) is 4. The van der Waals surface area contributed by atoms with Crippen molar-refractivity contribution in [1.82, 2.24) is 4.98 Å². The number of benzene rings is 1. The van der Waals surface area contributed by atoms with E-state index in [1.165, 1.54) is 13.3 Å². The van der Waals surface area contributed by atoms with E-state index < -0.39 is 0 Å². The molecular weight excluding hydrogens is 242 g/mol. The number of nitrogen functional groups attached to an aromatic ring is 1. The third-order valence-electron chi connectivity index (χ3n) is 2.68. The SMILES string of the molecule is COc1ccccc1C(=O)Nc1ncc(N)cc1C. The summed E-state index contributed by atoms with van der Waals surface area (Å²) in [6.07, 6.45) is 1.50.